The number of carbonyl (C=O) groups excluding carboxylic acids is 1. The van der Waals surface area contributed by atoms with Gasteiger partial charge < -0.3 is 15.4 Å². The van der Waals surface area contributed by atoms with Gasteiger partial charge in [0.05, 0.1) is 0 Å². The summed E-state index contributed by atoms with van der Waals surface area (Å²) in [7, 11) is 1.66. The van der Waals surface area contributed by atoms with Gasteiger partial charge in [0.1, 0.15) is 0 Å². The highest BCUT2D eigenvalue weighted by Gasteiger charge is 2.13. The first-order chi connectivity index (χ1) is 7.33. The van der Waals surface area contributed by atoms with E-state index in [0.717, 1.165) is 25.9 Å². The number of methoxy groups -OCH3 is 1. The van der Waals surface area contributed by atoms with Crippen molar-refractivity contribution >= 4 is 5.91 Å². The lowest BCUT2D eigenvalue weighted by Gasteiger charge is -2.10. The van der Waals surface area contributed by atoms with Crippen LogP contribution in [0.15, 0.2) is 0 Å². The third-order valence-electron chi connectivity index (χ3n) is 2.73. The second kappa shape index (κ2) is 7.65. The minimum absolute atomic E-state index is 0.144. The number of amides is 1. The molecule has 0 unspecified atom stereocenters. The molecule has 0 aromatic carbocycles. The predicted octanol–water partition coefficient (Wildman–Crippen LogP) is 0.671. The Morgan fingerprint density at radius 2 is 2.47 bits per heavy atom. The Balaban J connectivity index is 1.91. The van der Waals surface area contributed by atoms with Crippen LogP contribution in [-0.2, 0) is 9.53 Å². The molecule has 1 rings (SSSR count). The van der Waals surface area contributed by atoms with Crippen LogP contribution in [0.4, 0.5) is 0 Å². The summed E-state index contributed by atoms with van der Waals surface area (Å²) in [6, 6.07) is 0.615. The molecular weight excluding hydrogens is 192 g/mol. The van der Waals surface area contributed by atoms with Crippen LogP contribution in [0.2, 0.25) is 0 Å². The zero-order valence-electron chi connectivity index (χ0n) is 9.55. The number of nitrogens with one attached hydrogen (secondary N) is 2. The van der Waals surface area contributed by atoms with Crippen LogP contribution in [0, 0.1) is 0 Å². The number of hydrogen-bond acceptors (Lipinski definition) is 3. The minimum Gasteiger partial charge on any atom is -0.385 e. The quantitative estimate of drug-likeness (QED) is 0.612. The van der Waals surface area contributed by atoms with Crippen LogP contribution in [0.5, 0.6) is 0 Å². The van der Waals surface area contributed by atoms with Crippen LogP contribution >= 0.6 is 0 Å². The molecule has 2 N–H and O–H groups in total. The molecule has 1 heterocycles. The molecule has 1 amide bonds. The SMILES string of the molecule is COCCCC(=O)NCC[C@H]1CCCN1. The van der Waals surface area contributed by atoms with Gasteiger partial charge in [0.15, 0.2) is 0 Å². The van der Waals surface area contributed by atoms with Gasteiger partial charge in [-0.3, -0.25) is 4.79 Å². The summed E-state index contributed by atoms with van der Waals surface area (Å²) in [5.41, 5.74) is 0. The van der Waals surface area contributed by atoms with E-state index in [1.165, 1.54) is 12.8 Å². The van der Waals surface area contributed by atoms with Gasteiger partial charge in [0.2, 0.25) is 5.91 Å². The molecule has 0 aromatic rings. The van der Waals surface area contributed by atoms with E-state index in [2.05, 4.69) is 10.6 Å². The smallest absolute Gasteiger partial charge is 0.220 e. The molecule has 0 spiro atoms. The molecule has 1 aliphatic heterocycles. The monoisotopic (exact) mass is 214 g/mol. The summed E-state index contributed by atoms with van der Waals surface area (Å²) in [4.78, 5) is 11.3. The number of ether oxygens (including phenoxy) is 1. The Labute approximate surface area is 91.8 Å². The molecule has 4 heteroatoms. The molecule has 0 aliphatic carbocycles. The fourth-order valence-corrected chi connectivity index (χ4v) is 1.85. The van der Waals surface area contributed by atoms with E-state index in [1.54, 1.807) is 7.11 Å². The Morgan fingerprint density at radius 3 is 3.13 bits per heavy atom. The number of hydrogen-bond donors (Lipinski definition) is 2. The van der Waals surface area contributed by atoms with Crippen LogP contribution < -0.4 is 10.6 Å². The zero-order valence-corrected chi connectivity index (χ0v) is 9.55. The normalized spacial score (nSPS) is 20.5. The van der Waals surface area contributed by atoms with Crippen molar-refractivity contribution in [1.29, 1.82) is 0 Å². The van der Waals surface area contributed by atoms with Gasteiger partial charge in [-0.25, -0.2) is 0 Å². The van der Waals surface area contributed by atoms with Gasteiger partial charge in [-0.2, -0.15) is 0 Å². The Morgan fingerprint density at radius 1 is 1.60 bits per heavy atom. The van der Waals surface area contributed by atoms with Gasteiger partial charge in [-0.15, -0.1) is 0 Å². The van der Waals surface area contributed by atoms with Crippen LogP contribution in [0.25, 0.3) is 0 Å². The molecule has 88 valence electrons. The summed E-state index contributed by atoms with van der Waals surface area (Å²) in [6.45, 7) is 2.59. The summed E-state index contributed by atoms with van der Waals surface area (Å²) in [5, 5.41) is 6.35. The summed E-state index contributed by atoms with van der Waals surface area (Å²) in [6.07, 6.45) is 4.96. The van der Waals surface area contributed by atoms with Gasteiger partial charge in [-0.05, 0) is 32.2 Å². The molecule has 0 bridgehead atoms. The fraction of sp³-hybridized carbons (Fsp3) is 0.909. The van der Waals surface area contributed by atoms with E-state index >= 15 is 0 Å². The van der Waals surface area contributed by atoms with E-state index in [9.17, 15) is 4.79 Å². The van der Waals surface area contributed by atoms with Crippen LogP contribution in [-0.4, -0.2) is 38.8 Å². The third kappa shape index (κ3) is 5.74. The largest absolute Gasteiger partial charge is 0.385 e. The molecule has 1 atom stereocenters. The molecule has 0 saturated carbocycles. The maximum Gasteiger partial charge on any atom is 0.220 e. The van der Waals surface area contributed by atoms with Crippen molar-refractivity contribution in [1.82, 2.24) is 10.6 Å². The maximum absolute atomic E-state index is 11.3. The van der Waals surface area contributed by atoms with Crippen LogP contribution in [0.3, 0.4) is 0 Å². The summed E-state index contributed by atoms with van der Waals surface area (Å²) >= 11 is 0. The summed E-state index contributed by atoms with van der Waals surface area (Å²) in [5.74, 6) is 0.144. The molecule has 1 fully saturated rings. The second-order valence-electron chi connectivity index (χ2n) is 4.03. The van der Waals surface area contributed by atoms with Crippen molar-refractivity contribution in [3.63, 3.8) is 0 Å². The second-order valence-corrected chi connectivity index (χ2v) is 4.03. The standard InChI is InChI=1S/C11H22N2O2/c1-15-9-3-5-11(14)13-8-6-10-4-2-7-12-10/h10,12H,2-9H2,1H3,(H,13,14)/t10-/m1/s1. The first-order valence-electron chi connectivity index (χ1n) is 5.82. The average Bonchev–Trinajstić information content (AvgIpc) is 2.71. The first-order valence-corrected chi connectivity index (χ1v) is 5.82. The molecule has 1 saturated heterocycles. The Hall–Kier alpha value is -0.610. The van der Waals surface area contributed by atoms with Gasteiger partial charge in [-0.1, -0.05) is 0 Å². The number of carbonyl (C=O) groups is 1. The lowest BCUT2D eigenvalue weighted by atomic mass is 10.1. The van der Waals surface area contributed by atoms with Crippen molar-refractivity contribution < 1.29 is 9.53 Å². The highest BCUT2D eigenvalue weighted by atomic mass is 16.5. The van der Waals surface area contributed by atoms with E-state index in [0.29, 0.717) is 19.1 Å². The third-order valence-corrected chi connectivity index (χ3v) is 2.73. The Bertz CT molecular complexity index is 179. The van der Waals surface area contributed by atoms with E-state index in [4.69, 9.17) is 4.74 Å². The van der Waals surface area contributed by atoms with Crippen LogP contribution in [0.1, 0.15) is 32.1 Å². The first kappa shape index (κ1) is 12.5. The van der Waals surface area contributed by atoms with E-state index < -0.39 is 0 Å². The molecule has 0 radical (unpaired) electrons. The van der Waals surface area contributed by atoms with Gasteiger partial charge in [0, 0.05) is 32.7 Å². The minimum atomic E-state index is 0.144. The number of rotatable bonds is 7. The van der Waals surface area contributed by atoms with Crippen molar-refractivity contribution in [2.24, 2.45) is 0 Å². The van der Waals surface area contributed by atoms with Crippen molar-refractivity contribution in [2.75, 3.05) is 26.8 Å². The Kier molecular flexibility index (Phi) is 6.36. The van der Waals surface area contributed by atoms with E-state index in [-0.39, 0.29) is 5.91 Å². The highest BCUT2D eigenvalue weighted by Crippen LogP contribution is 2.07. The topological polar surface area (TPSA) is 50.4 Å². The average molecular weight is 214 g/mol. The molecule has 1 aliphatic rings. The lowest BCUT2D eigenvalue weighted by molar-refractivity contribution is -0.121. The van der Waals surface area contributed by atoms with Crippen molar-refractivity contribution in [3.05, 3.63) is 0 Å². The molecular formula is C11H22N2O2. The predicted molar refractivity (Wildman–Crippen MR) is 59.8 cm³/mol. The van der Waals surface area contributed by atoms with Crippen molar-refractivity contribution in [3.8, 4) is 0 Å². The van der Waals surface area contributed by atoms with Gasteiger partial charge >= 0.3 is 0 Å². The van der Waals surface area contributed by atoms with E-state index in [1.807, 2.05) is 0 Å². The molecule has 4 nitrogen and oxygen atoms in total. The van der Waals surface area contributed by atoms with Crippen molar-refractivity contribution in [2.45, 2.75) is 38.1 Å². The summed E-state index contributed by atoms with van der Waals surface area (Å²) < 4.78 is 4.89. The van der Waals surface area contributed by atoms with Gasteiger partial charge in [0.25, 0.3) is 0 Å². The maximum atomic E-state index is 11.3. The highest BCUT2D eigenvalue weighted by molar-refractivity contribution is 5.75. The molecule has 0 aromatic heterocycles. The molecule has 15 heavy (non-hydrogen) atoms. The fourth-order valence-electron chi connectivity index (χ4n) is 1.85. The zero-order chi connectivity index (χ0) is 10.9. The lowest BCUT2D eigenvalue weighted by Crippen LogP contribution is -2.30.